The summed E-state index contributed by atoms with van der Waals surface area (Å²) >= 11 is 1.69. The number of sulfonamides is 1. The van der Waals surface area contributed by atoms with Crippen molar-refractivity contribution in [1.29, 1.82) is 0 Å². The molecule has 4 rings (SSSR count). The van der Waals surface area contributed by atoms with E-state index >= 15 is 0 Å². The zero-order chi connectivity index (χ0) is 19.6. The van der Waals surface area contributed by atoms with E-state index in [1.54, 1.807) is 23.9 Å². The van der Waals surface area contributed by atoms with Gasteiger partial charge >= 0.3 is 0 Å². The van der Waals surface area contributed by atoms with Gasteiger partial charge in [-0.25, -0.2) is 13.1 Å². The molecule has 0 aromatic heterocycles. The summed E-state index contributed by atoms with van der Waals surface area (Å²) < 4.78 is 29.0. The van der Waals surface area contributed by atoms with Crippen LogP contribution in [-0.4, -0.2) is 21.0 Å². The monoisotopic (exact) mass is 410 g/mol. The maximum Gasteiger partial charge on any atom is 0.240 e. The molecular weight excluding hydrogens is 388 g/mol. The first-order valence-corrected chi connectivity index (χ1v) is 11.5. The van der Waals surface area contributed by atoms with E-state index in [1.165, 1.54) is 0 Å². The van der Waals surface area contributed by atoms with E-state index in [-0.39, 0.29) is 16.2 Å². The minimum Gasteiger partial charge on any atom is -0.382 e. The highest BCUT2D eigenvalue weighted by Crippen LogP contribution is 2.43. The summed E-state index contributed by atoms with van der Waals surface area (Å²) in [6, 6.07) is 24.8. The standard InChI is InChI=1S/C22H22N2O2S2/c1-16-11-13-18(14-12-16)28(25,26)24-20-15-23-19-9-5-6-10-21(19)27-22(20)17-7-3-2-4-8-17/h2-14,20,22-24H,15H2,1H3/t20-,22+/m1/s1. The van der Waals surface area contributed by atoms with Gasteiger partial charge in [-0.3, -0.25) is 0 Å². The fraction of sp³-hybridized carbons (Fsp3) is 0.182. The van der Waals surface area contributed by atoms with Crippen molar-refractivity contribution < 1.29 is 8.42 Å². The highest BCUT2D eigenvalue weighted by molar-refractivity contribution is 7.99. The van der Waals surface area contributed by atoms with Crippen LogP contribution in [0.1, 0.15) is 16.4 Å². The Kier molecular flexibility index (Phi) is 5.44. The third-order valence-corrected chi connectivity index (χ3v) is 7.76. The molecule has 0 aliphatic carbocycles. The largest absolute Gasteiger partial charge is 0.382 e. The first-order valence-electron chi connectivity index (χ1n) is 9.16. The molecule has 28 heavy (non-hydrogen) atoms. The topological polar surface area (TPSA) is 58.2 Å². The van der Waals surface area contributed by atoms with Crippen LogP contribution in [0.3, 0.4) is 0 Å². The Morgan fingerprint density at radius 1 is 0.929 bits per heavy atom. The second-order valence-electron chi connectivity index (χ2n) is 6.87. The van der Waals surface area contributed by atoms with Gasteiger partial charge in [-0.05, 0) is 36.8 Å². The number of nitrogens with one attached hydrogen (secondary N) is 2. The van der Waals surface area contributed by atoms with Crippen molar-refractivity contribution in [3.05, 3.63) is 90.0 Å². The number of anilines is 1. The van der Waals surface area contributed by atoms with Crippen molar-refractivity contribution in [2.24, 2.45) is 0 Å². The van der Waals surface area contributed by atoms with E-state index in [0.29, 0.717) is 6.54 Å². The Morgan fingerprint density at radius 2 is 1.61 bits per heavy atom. The Balaban J connectivity index is 1.68. The van der Waals surface area contributed by atoms with Gasteiger partial charge in [0.15, 0.2) is 0 Å². The quantitative estimate of drug-likeness (QED) is 0.660. The average Bonchev–Trinajstić information content (AvgIpc) is 2.88. The fourth-order valence-corrected chi connectivity index (χ4v) is 5.95. The Morgan fingerprint density at radius 3 is 2.36 bits per heavy atom. The van der Waals surface area contributed by atoms with Crippen molar-refractivity contribution in [2.45, 2.75) is 28.0 Å². The number of thioether (sulfide) groups is 1. The number of fused-ring (bicyclic) bond motifs is 1. The molecule has 1 heterocycles. The van der Waals surface area contributed by atoms with Crippen LogP contribution in [0.15, 0.2) is 88.7 Å². The van der Waals surface area contributed by atoms with Crippen LogP contribution in [0.4, 0.5) is 5.69 Å². The van der Waals surface area contributed by atoms with Crippen molar-refractivity contribution >= 4 is 27.5 Å². The van der Waals surface area contributed by atoms with Crippen LogP contribution in [0.5, 0.6) is 0 Å². The summed E-state index contributed by atoms with van der Waals surface area (Å²) in [4.78, 5) is 1.41. The van der Waals surface area contributed by atoms with Crippen molar-refractivity contribution in [1.82, 2.24) is 4.72 Å². The summed E-state index contributed by atoms with van der Waals surface area (Å²) in [5, 5.41) is 3.37. The molecular formula is C22H22N2O2S2. The predicted molar refractivity (Wildman–Crippen MR) is 115 cm³/mol. The molecule has 2 N–H and O–H groups in total. The SMILES string of the molecule is Cc1ccc(S(=O)(=O)N[C@@H]2CNc3ccccc3S[C@H]2c2ccccc2)cc1. The molecule has 1 aliphatic heterocycles. The molecule has 0 unspecified atom stereocenters. The van der Waals surface area contributed by atoms with Gasteiger partial charge < -0.3 is 5.32 Å². The van der Waals surface area contributed by atoms with Crippen LogP contribution in [0.25, 0.3) is 0 Å². The van der Waals surface area contributed by atoms with Gasteiger partial charge in [0.05, 0.1) is 16.2 Å². The van der Waals surface area contributed by atoms with Crippen LogP contribution in [0, 0.1) is 6.92 Å². The van der Waals surface area contributed by atoms with Gasteiger partial charge in [-0.15, -0.1) is 11.8 Å². The molecule has 144 valence electrons. The van der Waals surface area contributed by atoms with Gasteiger partial charge in [-0.1, -0.05) is 60.2 Å². The third-order valence-electron chi connectivity index (χ3n) is 4.78. The second-order valence-corrected chi connectivity index (χ2v) is 9.76. The molecule has 0 bridgehead atoms. The maximum atomic E-state index is 13.0. The molecule has 0 radical (unpaired) electrons. The normalized spacial score (nSPS) is 19.3. The van der Waals surface area contributed by atoms with E-state index < -0.39 is 10.0 Å². The van der Waals surface area contributed by atoms with E-state index in [4.69, 9.17) is 0 Å². The molecule has 2 atom stereocenters. The van der Waals surface area contributed by atoms with Gasteiger partial charge in [-0.2, -0.15) is 0 Å². The molecule has 0 amide bonds. The first kappa shape index (κ1) is 19.1. The summed E-state index contributed by atoms with van der Waals surface area (Å²) in [5.74, 6) is 0. The number of para-hydroxylation sites is 1. The minimum atomic E-state index is -3.62. The fourth-order valence-electron chi connectivity index (χ4n) is 3.29. The van der Waals surface area contributed by atoms with Crippen molar-refractivity contribution in [3.8, 4) is 0 Å². The lowest BCUT2D eigenvalue weighted by atomic mass is 10.1. The molecule has 0 spiro atoms. The van der Waals surface area contributed by atoms with Crippen molar-refractivity contribution in [3.63, 3.8) is 0 Å². The number of benzene rings is 3. The first-order chi connectivity index (χ1) is 13.5. The molecule has 6 heteroatoms. The summed E-state index contributed by atoms with van der Waals surface area (Å²) in [7, 11) is -3.62. The lowest BCUT2D eigenvalue weighted by Gasteiger charge is -2.26. The highest BCUT2D eigenvalue weighted by Gasteiger charge is 2.31. The number of aryl methyl sites for hydroxylation is 1. The molecule has 4 nitrogen and oxygen atoms in total. The molecule has 1 aliphatic rings. The summed E-state index contributed by atoms with van der Waals surface area (Å²) in [5.41, 5.74) is 3.16. The number of hydrogen-bond donors (Lipinski definition) is 2. The highest BCUT2D eigenvalue weighted by atomic mass is 32.2. The van der Waals surface area contributed by atoms with Crippen molar-refractivity contribution in [2.75, 3.05) is 11.9 Å². The predicted octanol–water partition coefficient (Wildman–Crippen LogP) is 4.60. The van der Waals surface area contributed by atoms with E-state index in [1.807, 2.05) is 55.5 Å². The van der Waals surface area contributed by atoms with Gasteiger partial charge in [0, 0.05) is 17.1 Å². The van der Waals surface area contributed by atoms with Gasteiger partial charge in [0.25, 0.3) is 0 Å². The van der Waals surface area contributed by atoms with Gasteiger partial charge in [0.1, 0.15) is 0 Å². The smallest absolute Gasteiger partial charge is 0.240 e. The van der Waals surface area contributed by atoms with E-state index in [9.17, 15) is 8.42 Å². The van der Waals surface area contributed by atoms with Gasteiger partial charge in [0.2, 0.25) is 10.0 Å². The van der Waals surface area contributed by atoms with E-state index in [2.05, 4.69) is 28.2 Å². The zero-order valence-electron chi connectivity index (χ0n) is 15.5. The maximum absolute atomic E-state index is 13.0. The summed E-state index contributed by atoms with van der Waals surface area (Å²) in [6.07, 6.45) is 0. The molecule has 0 saturated carbocycles. The van der Waals surface area contributed by atoms with E-state index in [0.717, 1.165) is 21.7 Å². The molecule has 0 fully saturated rings. The van der Waals surface area contributed by atoms with Crippen LogP contribution >= 0.6 is 11.8 Å². The van der Waals surface area contributed by atoms with Crippen LogP contribution in [0.2, 0.25) is 0 Å². The van der Waals surface area contributed by atoms with Crippen LogP contribution < -0.4 is 10.0 Å². The molecule has 3 aromatic rings. The summed E-state index contributed by atoms with van der Waals surface area (Å²) in [6.45, 7) is 2.45. The Hall–Kier alpha value is -2.28. The molecule has 0 saturated heterocycles. The lowest BCUT2D eigenvalue weighted by Crippen LogP contribution is -2.42. The minimum absolute atomic E-state index is 0.0439. The molecule has 3 aromatic carbocycles. The average molecular weight is 411 g/mol. The Bertz CT molecular complexity index is 1050. The number of rotatable bonds is 4. The number of hydrogen-bond acceptors (Lipinski definition) is 4. The van der Waals surface area contributed by atoms with Crippen LogP contribution in [-0.2, 0) is 10.0 Å². The Labute approximate surface area is 170 Å². The second kappa shape index (κ2) is 7.99. The lowest BCUT2D eigenvalue weighted by molar-refractivity contribution is 0.550. The zero-order valence-corrected chi connectivity index (χ0v) is 17.1. The third kappa shape index (κ3) is 4.09.